The third-order valence-corrected chi connectivity index (χ3v) is 4.15. The zero-order chi connectivity index (χ0) is 14.8. The van der Waals surface area contributed by atoms with Crippen molar-refractivity contribution >= 4 is 21.6 Å². The molecule has 0 saturated heterocycles. The third kappa shape index (κ3) is 3.66. The zero-order valence-corrected chi connectivity index (χ0v) is 12.3. The first-order valence-corrected chi connectivity index (χ1v) is 7.22. The van der Waals surface area contributed by atoms with Gasteiger partial charge in [0.25, 0.3) is 0 Å². The molecule has 108 valence electrons. The number of nitrogens with one attached hydrogen (secondary N) is 1. The highest BCUT2D eigenvalue weighted by Gasteiger charge is 2.41. The van der Waals surface area contributed by atoms with Gasteiger partial charge in [-0.1, -0.05) is 15.9 Å². The summed E-state index contributed by atoms with van der Waals surface area (Å²) in [5, 5.41) is 12.3. The third-order valence-electron chi connectivity index (χ3n) is 3.65. The molecule has 1 aromatic carbocycles. The number of rotatable bonds is 2. The fraction of sp³-hybridized carbons (Fsp3) is 0.500. The summed E-state index contributed by atoms with van der Waals surface area (Å²) in [5.74, 6) is -1.18. The summed E-state index contributed by atoms with van der Waals surface area (Å²) in [6.45, 7) is 0. The highest BCUT2D eigenvalue weighted by Crippen LogP contribution is 2.38. The number of hydrogen-bond donors (Lipinski definition) is 1. The quantitative estimate of drug-likeness (QED) is 0.830. The van der Waals surface area contributed by atoms with Gasteiger partial charge < -0.3 is 5.32 Å². The number of hydrogen-bond acceptors (Lipinski definition) is 2. The number of anilines is 1. The summed E-state index contributed by atoms with van der Waals surface area (Å²) in [6.07, 6.45) is -2.82. The smallest absolute Gasteiger partial charge is 0.381 e. The van der Waals surface area contributed by atoms with Gasteiger partial charge in [0.1, 0.15) is 6.07 Å². The van der Waals surface area contributed by atoms with Gasteiger partial charge in [-0.25, -0.2) is 0 Å². The van der Waals surface area contributed by atoms with Crippen LogP contribution in [0.25, 0.3) is 0 Å². The Balaban J connectivity index is 1.98. The topological polar surface area (TPSA) is 35.8 Å². The summed E-state index contributed by atoms with van der Waals surface area (Å²) >= 11 is 3.29. The minimum absolute atomic E-state index is 0.00174. The summed E-state index contributed by atoms with van der Waals surface area (Å²) in [7, 11) is 0. The highest BCUT2D eigenvalue weighted by molar-refractivity contribution is 9.10. The van der Waals surface area contributed by atoms with Gasteiger partial charge in [0.15, 0.2) is 0 Å². The molecular weight excluding hydrogens is 333 g/mol. The van der Waals surface area contributed by atoms with E-state index in [9.17, 15) is 13.2 Å². The zero-order valence-electron chi connectivity index (χ0n) is 10.7. The van der Waals surface area contributed by atoms with Crippen LogP contribution in [-0.2, 0) is 0 Å². The Morgan fingerprint density at radius 1 is 1.20 bits per heavy atom. The van der Waals surface area contributed by atoms with E-state index in [0.29, 0.717) is 24.1 Å². The Bertz CT molecular complexity index is 514. The van der Waals surface area contributed by atoms with E-state index in [0.717, 1.165) is 4.47 Å². The summed E-state index contributed by atoms with van der Waals surface area (Å²) < 4.78 is 38.6. The average Bonchev–Trinajstić information content (AvgIpc) is 2.40. The van der Waals surface area contributed by atoms with Crippen LogP contribution in [0, 0.1) is 17.2 Å². The van der Waals surface area contributed by atoms with Crippen molar-refractivity contribution < 1.29 is 13.2 Å². The second-order valence-electron chi connectivity index (χ2n) is 5.04. The molecule has 0 atom stereocenters. The van der Waals surface area contributed by atoms with E-state index in [2.05, 4.69) is 27.3 Å². The fourth-order valence-corrected chi connectivity index (χ4v) is 2.88. The summed E-state index contributed by atoms with van der Waals surface area (Å²) in [4.78, 5) is 0. The first-order chi connectivity index (χ1) is 9.40. The van der Waals surface area contributed by atoms with E-state index in [1.54, 1.807) is 12.1 Å². The molecule has 1 N–H and O–H groups in total. The van der Waals surface area contributed by atoms with E-state index in [1.165, 1.54) is 0 Å². The number of halogens is 4. The number of benzene rings is 1. The lowest BCUT2D eigenvalue weighted by Crippen LogP contribution is -2.32. The van der Waals surface area contributed by atoms with Crippen LogP contribution in [-0.4, -0.2) is 12.2 Å². The standard InChI is InChI=1S/C14H14BrF3N2/c15-11-3-6-13(9(7-11)8-19)20-12-4-1-10(2-5-12)14(16,17)18/h3,6-7,10,12,20H,1-2,4-5H2. The average molecular weight is 347 g/mol. The van der Waals surface area contributed by atoms with Gasteiger partial charge in [0.2, 0.25) is 0 Å². The molecule has 20 heavy (non-hydrogen) atoms. The minimum atomic E-state index is -4.08. The van der Waals surface area contributed by atoms with Crippen molar-refractivity contribution in [2.24, 2.45) is 5.92 Å². The molecule has 6 heteroatoms. The van der Waals surface area contributed by atoms with Crippen LogP contribution in [0.5, 0.6) is 0 Å². The highest BCUT2D eigenvalue weighted by atomic mass is 79.9. The van der Waals surface area contributed by atoms with E-state index >= 15 is 0 Å². The molecule has 1 aliphatic carbocycles. The Morgan fingerprint density at radius 3 is 2.40 bits per heavy atom. The molecule has 1 aliphatic rings. The van der Waals surface area contributed by atoms with Crippen molar-refractivity contribution in [1.29, 1.82) is 5.26 Å². The molecular formula is C14H14BrF3N2. The normalized spacial score (nSPS) is 23.1. The van der Waals surface area contributed by atoms with Gasteiger partial charge in [-0.15, -0.1) is 0 Å². The summed E-state index contributed by atoms with van der Waals surface area (Å²) in [5.41, 5.74) is 1.18. The molecule has 0 amide bonds. The number of alkyl halides is 3. The maximum absolute atomic E-state index is 12.6. The van der Waals surface area contributed by atoms with Crippen molar-refractivity contribution in [3.05, 3.63) is 28.2 Å². The van der Waals surface area contributed by atoms with Crippen molar-refractivity contribution in [3.63, 3.8) is 0 Å². The molecule has 1 fully saturated rings. The molecule has 1 aromatic rings. The van der Waals surface area contributed by atoms with Crippen LogP contribution >= 0.6 is 15.9 Å². The second-order valence-corrected chi connectivity index (χ2v) is 5.95. The Morgan fingerprint density at radius 2 is 1.85 bits per heavy atom. The number of nitriles is 1. The van der Waals surface area contributed by atoms with Gasteiger partial charge in [0.05, 0.1) is 17.2 Å². The molecule has 0 bridgehead atoms. The van der Waals surface area contributed by atoms with Crippen LogP contribution in [0.2, 0.25) is 0 Å². The minimum Gasteiger partial charge on any atom is -0.381 e. The van der Waals surface area contributed by atoms with E-state index < -0.39 is 12.1 Å². The lowest BCUT2D eigenvalue weighted by molar-refractivity contribution is -0.182. The van der Waals surface area contributed by atoms with Crippen molar-refractivity contribution in [3.8, 4) is 6.07 Å². The number of nitrogens with zero attached hydrogens (tertiary/aromatic N) is 1. The van der Waals surface area contributed by atoms with E-state index in [1.807, 2.05) is 6.07 Å². The first kappa shape index (κ1) is 15.2. The molecule has 0 aromatic heterocycles. The molecule has 0 heterocycles. The predicted molar refractivity (Wildman–Crippen MR) is 74.3 cm³/mol. The lowest BCUT2D eigenvalue weighted by Gasteiger charge is -2.31. The fourth-order valence-electron chi connectivity index (χ4n) is 2.52. The molecule has 2 nitrogen and oxygen atoms in total. The second kappa shape index (κ2) is 6.04. The van der Waals surface area contributed by atoms with Gasteiger partial charge in [-0.05, 0) is 43.9 Å². The monoisotopic (exact) mass is 346 g/mol. The Hall–Kier alpha value is -1.22. The van der Waals surface area contributed by atoms with Crippen LogP contribution in [0.1, 0.15) is 31.2 Å². The SMILES string of the molecule is N#Cc1cc(Br)ccc1NC1CCC(C(F)(F)F)CC1. The van der Waals surface area contributed by atoms with Crippen LogP contribution in [0.3, 0.4) is 0 Å². The van der Waals surface area contributed by atoms with Crippen molar-refractivity contribution in [2.75, 3.05) is 5.32 Å². The van der Waals surface area contributed by atoms with Crippen LogP contribution in [0.15, 0.2) is 22.7 Å². The molecule has 1 saturated carbocycles. The van der Waals surface area contributed by atoms with Crippen LogP contribution < -0.4 is 5.32 Å². The van der Waals surface area contributed by atoms with Gasteiger partial charge >= 0.3 is 6.18 Å². The maximum Gasteiger partial charge on any atom is 0.391 e. The van der Waals surface area contributed by atoms with Gasteiger partial charge in [-0.2, -0.15) is 18.4 Å². The molecule has 2 rings (SSSR count). The van der Waals surface area contributed by atoms with Crippen molar-refractivity contribution in [1.82, 2.24) is 0 Å². The van der Waals surface area contributed by atoms with Crippen molar-refractivity contribution in [2.45, 2.75) is 37.9 Å². The van der Waals surface area contributed by atoms with Gasteiger partial charge in [0, 0.05) is 10.5 Å². The van der Waals surface area contributed by atoms with E-state index in [-0.39, 0.29) is 18.9 Å². The predicted octanol–water partition coefficient (Wildman–Crippen LogP) is 4.85. The molecule has 0 unspecified atom stereocenters. The van der Waals surface area contributed by atoms with Crippen LogP contribution in [0.4, 0.5) is 18.9 Å². The maximum atomic E-state index is 12.6. The largest absolute Gasteiger partial charge is 0.391 e. The Labute approximate surface area is 124 Å². The first-order valence-electron chi connectivity index (χ1n) is 6.43. The summed E-state index contributed by atoms with van der Waals surface area (Å²) in [6, 6.07) is 7.37. The molecule has 0 aliphatic heterocycles. The van der Waals surface area contributed by atoms with E-state index in [4.69, 9.17) is 5.26 Å². The Kier molecular flexibility index (Phi) is 4.59. The molecule has 0 radical (unpaired) electrons. The van der Waals surface area contributed by atoms with Gasteiger partial charge in [-0.3, -0.25) is 0 Å². The molecule has 0 spiro atoms. The lowest BCUT2D eigenvalue weighted by atomic mass is 9.85.